The standard InChI is InChI=1S/C34H54N6O6/c1-23-28(41)20-31(44)38-27(12-8-9-15-36-33(46)39-26-10-6-5-7-11-26)19-29(42)35-16-13-25-22-40(32(45)21-34(2,3)4)17-14-24(25)18-30(43)37-23/h5-7,10-11,23-25,27-28,41H,8-9,12-22H2,1-4H3,(H,35,42)(H,37,43)(H,38,44)(H2,36,39,46)/t23-,24-,25-,27-,28-/m0/s1. The minimum Gasteiger partial charge on any atom is -0.390 e. The molecule has 0 spiro atoms. The summed E-state index contributed by atoms with van der Waals surface area (Å²) in [5.41, 5.74) is 0.569. The van der Waals surface area contributed by atoms with Gasteiger partial charge < -0.3 is 36.6 Å². The molecule has 2 fully saturated rings. The number of benzene rings is 1. The molecule has 2 saturated heterocycles. The first-order valence-electron chi connectivity index (χ1n) is 16.7. The number of urea groups is 1. The SMILES string of the molecule is C[C@@H]1NC(=O)C[C@@H]2CCN(C(=O)CC(C)(C)C)C[C@@H]2CCNC(=O)C[C@H](CCCCNC(=O)Nc2ccccc2)NC(=O)C[C@@H]1O. The lowest BCUT2D eigenvalue weighted by atomic mass is 9.80. The molecule has 0 unspecified atom stereocenters. The second-order valence-corrected chi connectivity index (χ2v) is 14.1. The topological polar surface area (TPSA) is 169 Å². The maximum Gasteiger partial charge on any atom is 0.319 e. The number of rotatable bonds is 7. The Morgan fingerprint density at radius 1 is 0.935 bits per heavy atom. The van der Waals surface area contributed by atoms with Crippen LogP contribution >= 0.6 is 0 Å². The Bertz CT molecular complexity index is 1170. The summed E-state index contributed by atoms with van der Waals surface area (Å²) in [5.74, 6) is -0.611. The smallest absolute Gasteiger partial charge is 0.319 e. The molecule has 2 aliphatic heterocycles. The lowest BCUT2D eigenvalue weighted by molar-refractivity contribution is -0.136. The first-order chi connectivity index (χ1) is 21.8. The molecule has 46 heavy (non-hydrogen) atoms. The number of nitrogens with zero attached hydrogens (tertiary/aromatic N) is 1. The molecule has 2 aliphatic rings. The summed E-state index contributed by atoms with van der Waals surface area (Å²) in [7, 11) is 0. The number of para-hydroxylation sites is 1. The molecule has 1 aromatic rings. The van der Waals surface area contributed by atoms with Gasteiger partial charge in [0.25, 0.3) is 0 Å². The van der Waals surface area contributed by atoms with Crippen LogP contribution in [0, 0.1) is 17.3 Å². The van der Waals surface area contributed by atoms with Crippen LogP contribution in [-0.4, -0.2) is 84.0 Å². The van der Waals surface area contributed by atoms with Crippen molar-refractivity contribution in [3.05, 3.63) is 30.3 Å². The Kier molecular flexibility index (Phi) is 14.3. The molecule has 3 rings (SSSR count). The van der Waals surface area contributed by atoms with E-state index in [2.05, 4.69) is 26.6 Å². The Labute approximate surface area is 273 Å². The van der Waals surface area contributed by atoms with Crippen LogP contribution < -0.4 is 26.6 Å². The first-order valence-corrected chi connectivity index (χ1v) is 16.7. The number of likely N-dealkylation sites (tertiary alicyclic amines) is 1. The molecule has 2 heterocycles. The third-order valence-corrected chi connectivity index (χ3v) is 8.66. The number of piperidine rings is 1. The van der Waals surface area contributed by atoms with Crippen molar-refractivity contribution >= 4 is 35.3 Å². The lowest BCUT2D eigenvalue weighted by Crippen LogP contribution is -2.49. The van der Waals surface area contributed by atoms with E-state index >= 15 is 0 Å². The highest BCUT2D eigenvalue weighted by Crippen LogP contribution is 2.31. The number of aliphatic hydroxyl groups is 1. The predicted octanol–water partition coefficient (Wildman–Crippen LogP) is 2.92. The molecule has 0 aromatic heterocycles. The fourth-order valence-corrected chi connectivity index (χ4v) is 6.10. The van der Waals surface area contributed by atoms with E-state index in [4.69, 9.17) is 0 Å². The Morgan fingerprint density at radius 2 is 1.65 bits per heavy atom. The van der Waals surface area contributed by atoms with Gasteiger partial charge >= 0.3 is 6.03 Å². The summed E-state index contributed by atoms with van der Waals surface area (Å²) in [5, 5.41) is 25.0. The molecule has 5 atom stereocenters. The molecule has 1 aromatic carbocycles. The zero-order valence-electron chi connectivity index (χ0n) is 27.9. The molecule has 0 bridgehead atoms. The summed E-state index contributed by atoms with van der Waals surface area (Å²) in [6.45, 7) is 9.75. The van der Waals surface area contributed by atoms with Gasteiger partial charge in [0, 0.05) is 57.2 Å². The summed E-state index contributed by atoms with van der Waals surface area (Å²) in [4.78, 5) is 65.8. The van der Waals surface area contributed by atoms with Gasteiger partial charge in [-0.25, -0.2) is 4.79 Å². The van der Waals surface area contributed by atoms with Crippen molar-refractivity contribution < 1.29 is 29.1 Å². The van der Waals surface area contributed by atoms with Gasteiger partial charge in [-0.3, -0.25) is 19.2 Å². The van der Waals surface area contributed by atoms with Crippen LogP contribution in [0.2, 0.25) is 0 Å². The third kappa shape index (κ3) is 13.4. The highest BCUT2D eigenvalue weighted by molar-refractivity contribution is 5.89. The molecule has 6 amide bonds. The number of hydrogen-bond donors (Lipinski definition) is 6. The number of hydrogen-bond acceptors (Lipinski definition) is 6. The molecule has 12 heteroatoms. The number of anilines is 1. The molecule has 6 N–H and O–H groups in total. The Morgan fingerprint density at radius 3 is 2.37 bits per heavy atom. The summed E-state index contributed by atoms with van der Waals surface area (Å²) < 4.78 is 0. The minimum absolute atomic E-state index is 0.0345. The molecular weight excluding hydrogens is 588 g/mol. The van der Waals surface area contributed by atoms with Crippen LogP contribution in [-0.2, 0) is 19.2 Å². The molecule has 0 aliphatic carbocycles. The number of carbonyl (C=O) groups excluding carboxylic acids is 5. The van der Waals surface area contributed by atoms with E-state index in [0.29, 0.717) is 70.4 Å². The van der Waals surface area contributed by atoms with Crippen molar-refractivity contribution in [1.29, 1.82) is 0 Å². The maximum atomic E-state index is 13.0. The van der Waals surface area contributed by atoms with Gasteiger partial charge in [0.05, 0.1) is 18.6 Å². The van der Waals surface area contributed by atoms with E-state index in [1.54, 1.807) is 19.1 Å². The van der Waals surface area contributed by atoms with Crippen LogP contribution in [0.25, 0.3) is 0 Å². The fraction of sp³-hybridized carbons (Fsp3) is 0.676. The van der Waals surface area contributed by atoms with Gasteiger partial charge in [-0.05, 0) is 68.4 Å². The van der Waals surface area contributed by atoms with Crippen molar-refractivity contribution in [2.45, 2.75) is 104 Å². The van der Waals surface area contributed by atoms with E-state index in [1.165, 1.54) is 0 Å². The van der Waals surface area contributed by atoms with Crippen molar-refractivity contribution in [2.24, 2.45) is 17.3 Å². The molecular formula is C34H54N6O6. The van der Waals surface area contributed by atoms with Gasteiger partial charge in [0.2, 0.25) is 23.6 Å². The summed E-state index contributed by atoms with van der Waals surface area (Å²) >= 11 is 0. The zero-order chi connectivity index (χ0) is 33.7. The predicted molar refractivity (Wildman–Crippen MR) is 177 cm³/mol. The van der Waals surface area contributed by atoms with Crippen molar-refractivity contribution in [1.82, 2.24) is 26.2 Å². The second-order valence-electron chi connectivity index (χ2n) is 14.1. The first kappa shape index (κ1) is 36.8. The molecule has 0 saturated carbocycles. The maximum absolute atomic E-state index is 13.0. The minimum atomic E-state index is -1.09. The van der Waals surface area contributed by atoms with E-state index in [9.17, 15) is 29.1 Å². The Hall–Kier alpha value is -3.67. The number of unbranched alkanes of at least 4 members (excludes halogenated alkanes) is 1. The van der Waals surface area contributed by atoms with Crippen LogP contribution in [0.5, 0.6) is 0 Å². The van der Waals surface area contributed by atoms with Gasteiger partial charge in [-0.1, -0.05) is 39.0 Å². The highest BCUT2D eigenvalue weighted by Gasteiger charge is 2.34. The van der Waals surface area contributed by atoms with Crippen LogP contribution in [0.15, 0.2) is 30.3 Å². The number of carbonyl (C=O) groups is 5. The number of amides is 6. The number of fused-ring (bicyclic) bond motifs is 1. The van der Waals surface area contributed by atoms with Crippen molar-refractivity contribution in [2.75, 3.05) is 31.5 Å². The van der Waals surface area contributed by atoms with E-state index in [-0.39, 0.29) is 60.3 Å². The van der Waals surface area contributed by atoms with Crippen LogP contribution in [0.3, 0.4) is 0 Å². The zero-order valence-corrected chi connectivity index (χ0v) is 27.9. The van der Waals surface area contributed by atoms with E-state index in [0.717, 1.165) is 0 Å². The average molecular weight is 643 g/mol. The lowest BCUT2D eigenvalue weighted by Gasteiger charge is -2.39. The Balaban J connectivity index is 1.58. The third-order valence-electron chi connectivity index (χ3n) is 8.66. The van der Waals surface area contributed by atoms with Gasteiger partial charge in [-0.15, -0.1) is 0 Å². The highest BCUT2D eigenvalue weighted by atomic mass is 16.3. The summed E-state index contributed by atoms with van der Waals surface area (Å²) in [6.07, 6.45) is 2.61. The average Bonchev–Trinajstić information content (AvgIpc) is 2.96. The number of nitrogens with one attached hydrogen (secondary N) is 5. The van der Waals surface area contributed by atoms with Crippen molar-refractivity contribution in [3.8, 4) is 0 Å². The molecule has 0 radical (unpaired) electrons. The summed E-state index contributed by atoms with van der Waals surface area (Å²) in [6, 6.07) is 7.74. The van der Waals surface area contributed by atoms with E-state index < -0.39 is 24.1 Å². The van der Waals surface area contributed by atoms with E-state index in [1.807, 2.05) is 43.9 Å². The van der Waals surface area contributed by atoms with Gasteiger partial charge in [-0.2, -0.15) is 0 Å². The monoisotopic (exact) mass is 642 g/mol. The van der Waals surface area contributed by atoms with Crippen molar-refractivity contribution in [3.63, 3.8) is 0 Å². The molecule has 256 valence electrons. The molecule has 12 nitrogen and oxygen atoms in total. The van der Waals surface area contributed by atoms with Gasteiger partial charge in [0.1, 0.15) is 0 Å². The number of aliphatic hydroxyl groups excluding tert-OH is 1. The quantitative estimate of drug-likeness (QED) is 0.250. The largest absolute Gasteiger partial charge is 0.390 e. The van der Waals surface area contributed by atoms with Gasteiger partial charge in [0.15, 0.2) is 0 Å². The second kappa shape index (κ2) is 17.9. The normalized spacial score (nSPS) is 25.4. The van der Waals surface area contributed by atoms with Crippen LogP contribution in [0.1, 0.15) is 85.5 Å². The van der Waals surface area contributed by atoms with Crippen LogP contribution in [0.4, 0.5) is 10.5 Å². The fourth-order valence-electron chi connectivity index (χ4n) is 6.10.